The minimum Gasteiger partial charge on any atom is -0.398 e. The molecular weight excluding hydrogens is 256 g/mol. The topological polar surface area (TPSA) is 29.3 Å². The third-order valence-corrected chi connectivity index (χ3v) is 4.43. The summed E-state index contributed by atoms with van der Waals surface area (Å²) >= 11 is 0. The van der Waals surface area contributed by atoms with Crippen LogP contribution in [0.15, 0.2) is 48.5 Å². The lowest BCUT2D eigenvalue weighted by Crippen LogP contribution is -2.33. The average Bonchev–Trinajstić information content (AvgIpc) is 2.47. The van der Waals surface area contributed by atoms with Gasteiger partial charge in [0.2, 0.25) is 0 Å². The van der Waals surface area contributed by atoms with E-state index in [4.69, 9.17) is 5.73 Å². The molecule has 0 amide bonds. The Bertz CT molecular complexity index is 606. The predicted molar refractivity (Wildman–Crippen MR) is 89.3 cm³/mol. The molecule has 0 aliphatic heterocycles. The van der Waals surface area contributed by atoms with Crippen molar-refractivity contribution in [3.63, 3.8) is 0 Å². The maximum atomic E-state index is 6.09. The standard InChI is InChI=1S/C19H24N2/c1-2-11-21(13-16-8-4-6-10-19(16)20)14-17-12-15-7-3-5-9-18(15)17/h3-10,17H,2,11-14,20H2,1H3. The van der Waals surface area contributed by atoms with Crippen molar-refractivity contribution in [3.8, 4) is 0 Å². The Morgan fingerprint density at radius 1 is 1.10 bits per heavy atom. The van der Waals surface area contributed by atoms with Gasteiger partial charge >= 0.3 is 0 Å². The van der Waals surface area contributed by atoms with Gasteiger partial charge in [-0.05, 0) is 42.1 Å². The van der Waals surface area contributed by atoms with Gasteiger partial charge in [-0.1, -0.05) is 49.4 Å². The Kier molecular flexibility index (Phi) is 4.26. The normalized spacial score (nSPS) is 16.6. The number of hydrogen-bond acceptors (Lipinski definition) is 2. The summed E-state index contributed by atoms with van der Waals surface area (Å²) in [6.07, 6.45) is 2.40. The highest BCUT2D eigenvalue weighted by atomic mass is 15.1. The number of rotatable bonds is 6. The van der Waals surface area contributed by atoms with Crippen LogP contribution in [-0.4, -0.2) is 18.0 Å². The number of para-hydroxylation sites is 1. The van der Waals surface area contributed by atoms with Crippen LogP contribution in [0, 0.1) is 0 Å². The van der Waals surface area contributed by atoms with Crippen LogP contribution < -0.4 is 5.73 Å². The summed E-state index contributed by atoms with van der Waals surface area (Å²) in [7, 11) is 0. The zero-order valence-corrected chi connectivity index (χ0v) is 12.8. The molecule has 1 unspecified atom stereocenters. The summed E-state index contributed by atoms with van der Waals surface area (Å²) in [5, 5.41) is 0. The van der Waals surface area contributed by atoms with Crippen LogP contribution in [0.2, 0.25) is 0 Å². The van der Waals surface area contributed by atoms with Crippen molar-refractivity contribution < 1.29 is 0 Å². The van der Waals surface area contributed by atoms with Gasteiger partial charge in [-0.15, -0.1) is 0 Å². The lowest BCUT2D eigenvalue weighted by atomic mass is 9.77. The number of nitrogens with zero attached hydrogens (tertiary/aromatic N) is 1. The first-order valence-corrected chi connectivity index (χ1v) is 7.91. The van der Waals surface area contributed by atoms with E-state index in [9.17, 15) is 0 Å². The van der Waals surface area contributed by atoms with Gasteiger partial charge in [-0.3, -0.25) is 4.90 Å². The van der Waals surface area contributed by atoms with Crippen molar-refractivity contribution in [2.45, 2.75) is 32.2 Å². The van der Waals surface area contributed by atoms with Crippen LogP contribution >= 0.6 is 0 Å². The van der Waals surface area contributed by atoms with Gasteiger partial charge in [0.1, 0.15) is 0 Å². The summed E-state index contributed by atoms with van der Waals surface area (Å²) < 4.78 is 0. The second-order valence-electron chi connectivity index (χ2n) is 6.03. The SMILES string of the molecule is CCCN(Cc1ccccc1N)CC1Cc2ccccc21. The summed E-state index contributed by atoms with van der Waals surface area (Å²) in [6, 6.07) is 17.1. The maximum absolute atomic E-state index is 6.09. The molecule has 0 saturated carbocycles. The van der Waals surface area contributed by atoms with E-state index in [1.807, 2.05) is 12.1 Å². The molecule has 0 spiro atoms. The molecule has 1 atom stereocenters. The molecule has 110 valence electrons. The lowest BCUT2D eigenvalue weighted by Gasteiger charge is -2.35. The fraction of sp³-hybridized carbons (Fsp3) is 0.368. The third kappa shape index (κ3) is 3.11. The second-order valence-corrected chi connectivity index (χ2v) is 6.03. The van der Waals surface area contributed by atoms with E-state index in [1.165, 1.54) is 24.0 Å². The Morgan fingerprint density at radius 2 is 1.86 bits per heavy atom. The number of fused-ring (bicyclic) bond motifs is 1. The largest absolute Gasteiger partial charge is 0.398 e. The predicted octanol–water partition coefficient (Wildman–Crippen LogP) is 3.82. The summed E-state index contributed by atoms with van der Waals surface area (Å²) in [6.45, 7) is 5.47. The fourth-order valence-corrected chi connectivity index (χ4v) is 3.31. The van der Waals surface area contributed by atoms with E-state index in [0.29, 0.717) is 5.92 Å². The van der Waals surface area contributed by atoms with Crippen molar-refractivity contribution in [1.29, 1.82) is 0 Å². The van der Waals surface area contributed by atoms with Gasteiger partial charge in [0.05, 0.1) is 0 Å². The van der Waals surface area contributed by atoms with Gasteiger partial charge < -0.3 is 5.73 Å². The molecule has 0 fully saturated rings. The molecule has 0 saturated heterocycles. The van der Waals surface area contributed by atoms with Gasteiger partial charge in [-0.2, -0.15) is 0 Å². The van der Waals surface area contributed by atoms with Crippen LogP contribution in [0.25, 0.3) is 0 Å². The van der Waals surface area contributed by atoms with E-state index in [1.54, 1.807) is 5.56 Å². The maximum Gasteiger partial charge on any atom is 0.0359 e. The first-order valence-electron chi connectivity index (χ1n) is 7.91. The highest BCUT2D eigenvalue weighted by Crippen LogP contribution is 2.35. The number of nitrogen functional groups attached to an aromatic ring is 1. The molecule has 2 aromatic rings. The van der Waals surface area contributed by atoms with Crippen LogP contribution in [-0.2, 0) is 13.0 Å². The van der Waals surface area contributed by atoms with Crippen LogP contribution in [0.5, 0.6) is 0 Å². The first-order chi connectivity index (χ1) is 10.3. The van der Waals surface area contributed by atoms with Gasteiger partial charge in [-0.25, -0.2) is 0 Å². The molecule has 1 aliphatic rings. The minimum absolute atomic E-state index is 0.692. The van der Waals surface area contributed by atoms with E-state index in [-0.39, 0.29) is 0 Å². The molecule has 2 aromatic carbocycles. The molecule has 2 nitrogen and oxygen atoms in total. The first kappa shape index (κ1) is 14.2. The Labute approximate surface area is 127 Å². The lowest BCUT2D eigenvalue weighted by molar-refractivity contribution is 0.240. The van der Waals surface area contributed by atoms with Crippen LogP contribution in [0.3, 0.4) is 0 Å². The Balaban J connectivity index is 1.67. The molecule has 2 N–H and O–H groups in total. The van der Waals surface area contributed by atoms with E-state index < -0.39 is 0 Å². The van der Waals surface area contributed by atoms with Crippen LogP contribution in [0.1, 0.15) is 36.0 Å². The van der Waals surface area contributed by atoms with Crippen molar-refractivity contribution >= 4 is 5.69 Å². The molecule has 0 radical (unpaired) electrons. The van der Waals surface area contributed by atoms with Crippen molar-refractivity contribution in [2.75, 3.05) is 18.8 Å². The Hall–Kier alpha value is -1.80. The van der Waals surface area contributed by atoms with Crippen molar-refractivity contribution in [1.82, 2.24) is 4.90 Å². The number of nitrogens with two attached hydrogens (primary N) is 1. The van der Waals surface area contributed by atoms with Crippen molar-refractivity contribution in [3.05, 3.63) is 65.2 Å². The zero-order valence-electron chi connectivity index (χ0n) is 12.8. The van der Waals surface area contributed by atoms with Crippen LogP contribution in [0.4, 0.5) is 5.69 Å². The van der Waals surface area contributed by atoms with E-state index in [0.717, 1.165) is 25.3 Å². The fourth-order valence-electron chi connectivity index (χ4n) is 3.31. The molecule has 0 heterocycles. The molecule has 2 heteroatoms. The summed E-state index contributed by atoms with van der Waals surface area (Å²) in [4.78, 5) is 2.55. The molecule has 3 rings (SSSR count). The second kappa shape index (κ2) is 6.31. The van der Waals surface area contributed by atoms with Crippen molar-refractivity contribution in [2.24, 2.45) is 0 Å². The molecule has 0 aromatic heterocycles. The van der Waals surface area contributed by atoms with Gasteiger partial charge in [0, 0.05) is 24.7 Å². The number of anilines is 1. The quantitative estimate of drug-likeness (QED) is 0.815. The smallest absolute Gasteiger partial charge is 0.0359 e. The zero-order chi connectivity index (χ0) is 14.7. The number of benzene rings is 2. The molecular formula is C19H24N2. The van der Waals surface area contributed by atoms with E-state index >= 15 is 0 Å². The van der Waals surface area contributed by atoms with E-state index in [2.05, 4.69) is 48.2 Å². The summed E-state index contributed by atoms with van der Waals surface area (Å²) in [5.41, 5.74) is 11.3. The monoisotopic (exact) mass is 280 g/mol. The summed E-state index contributed by atoms with van der Waals surface area (Å²) in [5.74, 6) is 0.692. The average molecular weight is 280 g/mol. The molecule has 1 aliphatic carbocycles. The molecule has 0 bridgehead atoms. The highest BCUT2D eigenvalue weighted by molar-refractivity contribution is 5.46. The Morgan fingerprint density at radius 3 is 2.62 bits per heavy atom. The highest BCUT2D eigenvalue weighted by Gasteiger charge is 2.27. The number of hydrogen-bond donors (Lipinski definition) is 1. The minimum atomic E-state index is 0.692. The van der Waals surface area contributed by atoms with Gasteiger partial charge in [0.25, 0.3) is 0 Å². The van der Waals surface area contributed by atoms with Gasteiger partial charge in [0.15, 0.2) is 0 Å². The molecule has 21 heavy (non-hydrogen) atoms. The third-order valence-electron chi connectivity index (χ3n) is 4.43.